The van der Waals surface area contributed by atoms with E-state index in [0.29, 0.717) is 55.1 Å². The van der Waals surface area contributed by atoms with Crippen LogP contribution in [0.1, 0.15) is 10.6 Å². The zero-order valence-corrected chi connectivity index (χ0v) is 15.5. The number of carbonyl (C=O) groups excluding carboxylic acids is 1. The van der Waals surface area contributed by atoms with Gasteiger partial charge in [-0.1, -0.05) is 0 Å². The molecule has 0 bridgehead atoms. The summed E-state index contributed by atoms with van der Waals surface area (Å²) in [7, 11) is 0. The molecule has 0 saturated carbocycles. The molecule has 0 atom stereocenters. The lowest BCUT2D eigenvalue weighted by Gasteiger charge is -2.34. The van der Waals surface area contributed by atoms with Crippen LogP contribution in [0.4, 0.5) is 5.95 Å². The molecule has 1 aliphatic rings. The van der Waals surface area contributed by atoms with Crippen molar-refractivity contribution in [1.29, 1.82) is 0 Å². The van der Waals surface area contributed by atoms with Crippen molar-refractivity contribution in [3.63, 3.8) is 0 Å². The highest BCUT2D eigenvalue weighted by Crippen LogP contribution is 2.32. The van der Waals surface area contributed by atoms with Gasteiger partial charge in [-0.3, -0.25) is 4.79 Å². The van der Waals surface area contributed by atoms with E-state index >= 15 is 0 Å². The number of piperazine rings is 1. The number of nitrogens with zero attached hydrogens (tertiary/aromatic N) is 4. The second kappa shape index (κ2) is 7.31. The molecule has 0 radical (unpaired) electrons. The Labute approximate surface area is 166 Å². The van der Waals surface area contributed by atoms with Crippen LogP contribution in [0.15, 0.2) is 74.6 Å². The van der Waals surface area contributed by atoms with Gasteiger partial charge < -0.3 is 23.1 Å². The molecule has 4 aromatic heterocycles. The van der Waals surface area contributed by atoms with Gasteiger partial charge >= 0.3 is 0 Å². The molecule has 8 heteroatoms. The maximum atomic E-state index is 12.4. The number of aromatic nitrogens is 2. The van der Waals surface area contributed by atoms with Crippen LogP contribution in [0.5, 0.6) is 0 Å². The van der Waals surface area contributed by atoms with E-state index in [2.05, 4.69) is 9.88 Å². The van der Waals surface area contributed by atoms with Crippen molar-refractivity contribution in [1.82, 2.24) is 14.9 Å². The first-order chi connectivity index (χ1) is 14.3. The van der Waals surface area contributed by atoms with Gasteiger partial charge in [0.25, 0.3) is 5.91 Å². The summed E-state index contributed by atoms with van der Waals surface area (Å²) in [6, 6.07) is 10.8. The van der Waals surface area contributed by atoms with E-state index in [1.54, 1.807) is 35.8 Å². The van der Waals surface area contributed by atoms with Crippen molar-refractivity contribution in [3.05, 3.63) is 67.1 Å². The first kappa shape index (κ1) is 17.3. The summed E-state index contributed by atoms with van der Waals surface area (Å²) in [6.07, 6.45) is 6.49. The highest BCUT2D eigenvalue weighted by Gasteiger charge is 2.26. The van der Waals surface area contributed by atoms with Crippen LogP contribution in [0.2, 0.25) is 0 Å². The number of hydrogen-bond acceptors (Lipinski definition) is 7. The molecule has 0 aliphatic carbocycles. The Balaban J connectivity index is 1.38. The molecule has 29 heavy (non-hydrogen) atoms. The molecule has 1 fully saturated rings. The Bertz CT molecular complexity index is 1080. The first-order valence-electron chi connectivity index (χ1n) is 9.32. The van der Waals surface area contributed by atoms with Crippen molar-refractivity contribution < 1.29 is 18.0 Å². The zero-order chi connectivity index (χ0) is 19.6. The van der Waals surface area contributed by atoms with Crippen molar-refractivity contribution in [2.24, 2.45) is 0 Å². The van der Waals surface area contributed by atoms with Crippen molar-refractivity contribution in [2.45, 2.75) is 0 Å². The van der Waals surface area contributed by atoms with E-state index in [4.69, 9.17) is 18.2 Å². The van der Waals surface area contributed by atoms with E-state index in [1.165, 1.54) is 6.26 Å². The van der Waals surface area contributed by atoms with Crippen molar-refractivity contribution >= 4 is 11.9 Å². The number of anilines is 1. The molecule has 4 aromatic rings. The second-order valence-corrected chi connectivity index (χ2v) is 6.64. The fourth-order valence-electron chi connectivity index (χ4n) is 3.40. The molecule has 1 saturated heterocycles. The molecule has 8 nitrogen and oxygen atoms in total. The summed E-state index contributed by atoms with van der Waals surface area (Å²) < 4.78 is 16.3. The minimum atomic E-state index is -0.0972. The highest BCUT2D eigenvalue weighted by molar-refractivity contribution is 5.91. The van der Waals surface area contributed by atoms with Gasteiger partial charge in [-0.05, 0) is 36.4 Å². The Kier molecular flexibility index (Phi) is 4.36. The SMILES string of the molecule is O=C(c1ccco1)N1CCN(c2ncc(-c3ccco3)c(-c3ccco3)n2)CC1. The summed E-state index contributed by atoms with van der Waals surface area (Å²) in [6.45, 7) is 2.39. The Morgan fingerprint density at radius 2 is 1.55 bits per heavy atom. The third kappa shape index (κ3) is 3.29. The molecule has 1 amide bonds. The van der Waals surface area contributed by atoms with E-state index in [-0.39, 0.29) is 5.91 Å². The average molecular weight is 390 g/mol. The summed E-state index contributed by atoms with van der Waals surface area (Å²) in [5.74, 6) is 2.18. The Morgan fingerprint density at radius 3 is 2.21 bits per heavy atom. The number of hydrogen-bond donors (Lipinski definition) is 0. The number of carbonyl (C=O) groups is 1. The monoisotopic (exact) mass is 390 g/mol. The lowest BCUT2D eigenvalue weighted by molar-refractivity contribution is 0.0714. The van der Waals surface area contributed by atoms with Crippen LogP contribution in [0.3, 0.4) is 0 Å². The number of rotatable bonds is 4. The topological polar surface area (TPSA) is 88.8 Å². The van der Waals surface area contributed by atoms with E-state index < -0.39 is 0 Å². The molecule has 146 valence electrons. The molecule has 0 aromatic carbocycles. The van der Waals surface area contributed by atoms with Gasteiger partial charge in [-0.2, -0.15) is 0 Å². The molecule has 1 aliphatic heterocycles. The molecule has 0 spiro atoms. The average Bonchev–Trinajstić information content (AvgIpc) is 3.56. The minimum absolute atomic E-state index is 0.0972. The van der Waals surface area contributed by atoms with Gasteiger partial charge in [0.2, 0.25) is 5.95 Å². The fraction of sp³-hybridized carbons (Fsp3) is 0.190. The van der Waals surface area contributed by atoms with Crippen LogP contribution in [-0.4, -0.2) is 47.0 Å². The van der Waals surface area contributed by atoms with Gasteiger partial charge in [0.15, 0.2) is 11.5 Å². The highest BCUT2D eigenvalue weighted by atomic mass is 16.3. The summed E-state index contributed by atoms with van der Waals surface area (Å²) in [4.78, 5) is 25.6. The van der Waals surface area contributed by atoms with Crippen LogP contribution in [0, 0.1) is 0 Å². The lowest BCUT2D eigenvalue weighted by Crippen LogP contribution is -2.49. The van der Waals surface area contributed by atoms with Crippen molar-refractivity contribution in [2.75, 3.05) is 31.1 Å². The third-order valence-corrected chi connectivity index (χ3v) is 4.90. The standard InChI is InChI=1S/C21H18N4O4/c26-20(18-6-3-13-29-18)24-7-9-25(10-8-24)21-22-14-15(16-4-1-11-27-16)19(23-21)17-5-2-12-28-17/h1-6,11-14H,7-10H2. The van der Waals surface area contributed by atoms with Gasteiger partial charge in [-0.25, -0.2) is 9.97 Å². The molecule has 5 rings (SSSR count). The van der Waals surface area contributed by atoms with Crippen LogP contribution < -0.4 is 4.90 Å². The smallest absolute Gasteiger partial charge is 0.289 e. The Morgan fingerprint density at radius 1 is 0.862 bits per heavy atom. The zero-order valence-electron chi connectivity index (χ0n) is 15.5. The Hall–Kier alpha value is -3.81. The third-order valence-electron chi connectivity index (χ3n) is 4.90. The molecule has 5 heterocycles. The molecular formula is C21H18N4O4. The van der Waals surface area contributed by atoms with Gasteiger partial charge in [0.05, 0.1) is 24.4 Å². The summed E-state index contributed by atoms with van der Waals surface area (Å²) >= 11 is 0. The van der Waals surface area contributed by atoms with E-state index in [0.717, 1.165) is 5.56 Å². The van der Waals surface area contributed by atoms with Gasteiger partial charge in [0.1, 0.15) is 11.5 Å². The lowest BCUT2D eigenvalue weighted by atomic mass is 10.1. The number of furan rings is 3. The maximum Gasteiger partial charge on any atom is 0.289 e. The molecule has 0 N–H and O–H groups in total. The quantitative estimate of drug-likeness (QED) is 0.526. The van der Waals surface area contributed by atoms with Crippen molar-refractivity contribution in [3.8, 4) is 22.8 Å². The van der Waals surface area contributed by atoms with Gasteiger partial charge in [0, 0.05) is 32.4 Å². The summed E-state index contributed by atoms with van der Waals surface area (Å²) in [5, 5.41) is 0. The largest absolute Gasteiger partial charge is 0.464 e. The van der Waals surface area contributed by atoms with Crippen LogP contribution in [0.25, 0.3) is 22.8 Å². The normalized spacial score (nSPS) is 14.3. The fourth-order valence-corrected chi connectivity index (χ4v) is 3.40. The van der Waals surface area contributed by atoms with E-state index in [1.807, 2.05) is 24.3 Å². The van der Waals surface area contributed by atoms with Crippen LogP contribution >= 0.6 is 0 Å². The van der Waals surface area contributed by atoms with E-state index in [9.17, 15) is 4.79 Å². The maximum absolute atomic E-state index is 12.4. The second-order valence-electron chi connectivity index (χ2n) is 6.64. The predicted molar refractivity (Wildman–Crippen MR) is 104 cm³/mol. The minimum Gasteiger partial charge on any atom is -0.464 e. The van der Waals surface area contributed by atoms with Crippen LogP contribution in [-0.2, 0) is 0 Å². The van der Waals surface area contributed by atoms with Gasteiger partial charge in [-0.15, -0.1) is 0 Å². The molecular weight excluding hydrogens is 372 g/mol. The summed E-state index contributed by atoms with van der Waals surface area (Å²) in [5.41, 5.74) is 1.43. The number of amides is 1. The predicted octanol–water partition coefficient (Wildman–Crippen LogP) is 3.55. The first-order valence-corrected chi connectivity index (χ1v) is 9.32. The molecule has 0 unspecified atom stereocenters.